The summed E-state index contributed by atoms with van der Waals surface area (Å²) in [6, 6.07) is 9.49. The van der Waals surface area contributed by atoms with Crippen LogP contribution in [0.25, 0.3) is 0 Å². The number of rotatable bonds is 7. The summed E-state index contributed by atoms with van der Waals surface area (Å²) in [6.45, 7) is 1.83. The van der Waals surface area contributed by atoms with Gasteiger partial charge in [0, 0.05) is 11.3 Å². The Morgan fingerprint density at radius 3 is 2.45 bits per heavy atom. The molecule has 2 aromatic heterocycles. The minimum Gasteiger partial charge on any atom is -0.382 e. The number of nitrogens with two attached hydrogens (primary N) is 1. The molecule has 33 heavy (non-hydrogen) atoms. The Labute approximate surface area is 190 Å². The fraction of sp³-hybridized carbons (Fsp3) is 0.0909. The van der Waals surface area contributed by atoms with Gasteiger partial charge in [0.15, 0.2) is 5.13 Å². The number of thiazole rings is 1. The summed E-state index contributed by atoms with van der Waals surface area (Å²) in [5.74, 6) is -3.23. The van der Waals surface area contributed by atoms with Gasteiger partial charge in [0.25, 0.3) is 5.91 Å². The number of hydrogen-bond acceptors (Lipinski definition) is 7. The standard InChI is InChI=1S/C22H18F2N6O2S/c1-11(16-9-26-10-27-16)28-21(32)12-5-7-13(8-6-12)29-22-30-20(25)19(33-22)18(31)17-14(23)3-2-4-15(17)24/h2-11H,25H2,1H3,(H,26,27)(H,28,32)(H,29,30). The van der Waals surface area contributed by atoms with Crippen LogP contribution in [0.2, 0.25) is 0 Å². The predicted octanol–water partition coefficient (Wildman–Crippen LogP) is 4.19. The second-order valence-electron chi connectivity index (χ2n) is 7.06. The van der Waals surface area contributed by atoms with Crippen LogP contribution in [0.3, 0.4) is 0 Å². The number of aromatic amines is 1. The van der Waals surface area contributed by atoms with Crippen molar-refractivity contribution >= 4 is 39.7 Å². The van der Waals surface area contributed by atoms with Gasteiger partial charge in [0.2, 0.25) is 5.78 Å². The molecular formula is C22H18F2N6O2S. The van der Waals surface area contributed by atoms with Gasteiger partial charge in [-0.15, -0.1) is 0 Å². The van der Waals surface area contributed by atoms with Crippen LogP contribution in [0.15, 0.2) is 55.0 Å². The third-order valence-corrected chi connectivity index (χ3v) is 5.77. The second kappa shape index (κ2) is 9.17. The van der Waals surface area contributed by atoms with Crippen LogP contribution in [-0.2, 0) is 0 Å². The molecule has 0 saturated carbocycles. The van der Waals surface area contributed by atoms with Crippen molar-refractivity contribution in [3.63, 3.8) is 0 Å². The number of nitrogens with zero attached hydrogens (tertiary/aromatic N) is 2. The fourth-order valence-corrected chi connectivity index (χ4v) is 3.92. The Morgan fingerprint density at radius 1 is 1.12 bits per heavy atom. The molecule has 1 amide bonds. The molecule has 2 aromatic carbocycles. The highest BCUT2D eigenvalue weighted by molar-refractivity contribution is 7.18. The maximum atomic E-state index is 14.0. The molecule has 2 heterocycles. The maximum absolute atomic E-state index is 14.0. The molecule has 4 aromatic rings. The Balaban J connectivity index is 1.46. The van der Waals surface area contributed by atoms with Crippen LogP contribution < -0.4 is 16.4 Å². The Kier molecular flexibility index (Phi) is 6.13. The van der Waals surface area contributed by atoms with Gasteiger partial charge in [-0.3, -0.25) is 9.59 Å². The lowest BCUT2D eigenvalue weighted by molar-refractivity contribution is 0.0938. The smallest absolute Gasteiger partial charge is 0.251 e. The number of carbonyl (C=O) groups is 2. The van der Waals surface area contributed by atoms with E-state index in [0.717, 1.165) is 29.2 Å². The monoisotopic (exact) mass is 468 g/mol. The average Bonchev–Trinajstić information content (AvgIpc) is 3.44. The summed E-state index contributed by atoms with van der Waals surface area (Å²) in [5, 5.41) is 6.09. The van der Waals surface area contributed by atoms with Gasteiger partial charge in [0.05, 0.1) is 29.8 Å². The topological polar surface area (TPSA) is 126 Å². The molecule has 0 bridgehead atoms. The molecule has 0 aliphatic heterocycles. The molecule has 0 fully saturated rings. The molecule has 11 heteroatoms. The van der Waals surface area contributed by atoms with Crippen LogP contribution in [0.5, 0.6) is 0 Å². The van der Waals surface area contributed by atoms with Crippen molar-refractivity contribution in [2.75, 3.05) is 11.1 Å². The normalized spacial score (nSPS) is 11.7. The van der Waals surface area contributed by atoms with E-state index in [-0.39, 0.29) is 27.8 Å². The van der Waals surface area contributed by atoms with E-state index in [2.05, 4.69) is 25.6 Å². The van der Waals surface area contributed by atoms with E-state index in [0.29, 0.717) is 11.3 Å². The molecule has 0 spiro atoms. The molecule has 1 atom stereocenters. The third kappa shape index (κ3) is 4.72. The summed E-state index contributed by atoms with van der Waals surface area (Å²) in [7, 11) is 0. The summed E-state index contributed by atoms with van der Waals surface area (Å²) < 4.78 is 27.9. The van der Waals surface area contributed by atoms with Crippen LogP contribution >= 0.6 is 11.3 Å². The summed E-state index contributed by atoms with van der Waals surface area (Å²) in [5.41, 5.74) is 6.94. The number of halogens is 2. The molecular weight excluding hydrogens is 450 g/mol. The first-order valence-corrected chi connectivity index (χ1v) is 10.6. The minimum atomic E-state index is -0.974. The number of nitrogen functional groups attached to an aromatic ring is 1. The van der Waals surface area contributed by atoms with Gasteiger partial charge in [-0.2, -0.15) is 0 Å². The zero-order valence-electron chi connectivity index (χ0n) is 17.2. The molecule has 8 nitrogen and oxygen atoms in total. The number of carbonyl (C=O) groups excluding carboxylic acids is 2. The van der Waals surface area contributed by atoms with Crippen LogP contribution in [-0.4, -0.2) is 26.6 Å². The second-order valence-corrected chi connectivity index (χ2v) is 8.06. The highest BCUT2D eigenvalue weighted by Crippen LogP contribution is 2.31. The average molecular weight is 468 g/mol. The number of hydrogen-bond donors (Lipinski definition) is 4. The largest absolute Gasteiger partial charge is 0.382 e. The summed E-state index contributed by atoms with van der Waals surface area (Å²) in [4.78, 5) is 35.9. The van der Waals surface area contributed by atoms with Crippen LogP contribution in [0.1, 0.15) is 44.3 Å². The number of H-pyrrole nitrogens is 1. The van der Waals surface area contributed by atoms with E-state index in [4.69, 9.17) is 5.73 Å². The molecule has 4 rings (SSSR count). The molecule has 0 aliphatic carbocycles. The lowest BCUT2D eigenvalue weighted by atomic mass is 10.1. The zero-order chi connectivity index (χ0) is 23.5. The first kappa shape index (κ1) is 22.1. The number of aromatic nitrogens is 3. The highest BCUT2D eigenvalue weighted by Gasteiger charge is 2.24. The Morgan fingerprint density at radius 2 is 1.82 bits per heavy atom. The number of anilines is 3. The van der Waals surface area contributed by atoms with Gasteiger partial charge >= 0.3 is 0 Å². The zero-order valence-corrected chi connectivity index (χ0v) is 18.0. The number of ketones is 1. The number of amides is 1. The fourth-order valence-electron chi connectivity index (χ4n) is 3.07. The number of benzene rings is 2. The van der Waals surface area contributed by atoms with Crippen molar-refractivity contribution in [2.24, 2.45) is 0 Å². The molecule has 5 N–H and O–H groups in total. The van der Waals surface area contributed by atoms with Crippen molar-refractivity contribution in [3.05, 3.63) is 88.3 Å². The summed E-state index contributed by atoms with van der Waals surface area (Å²) in [6.07, 6.45) is 3.17. The molecule has 0 radical (unpaired) electrons. The van der Waals surface area contributed by atoms with Gasteiger partial charge in [-0.1, -0.05) is 17.4 Å². The van der Waals surface area contributed by atoms with E-state index in [1.54, 1.807) is 30.5 Å². The molecule has 0 saturated heterocycles. The van der Waals surface area contributed by atoms with E-state index in [1.807, 2.05) is 6.92 Å². The van der Waals surface area contributed by atoms with Crippen molar-refractivity contribution in [1.82, 2.24) is 20.3 Å². The Hall–Kier alpha value is -4.12. The molecule has 0 aliphatic rings. The minimum absolute atomic E-state index is 0.0784. The summed E-state index contributed by atoms with van der Waals surface area (Å²) >= 11 is 0.873. The van der Waals surface area contributed by atoms with E-state index >= 15 is 0 Å². The number of nitrogens with one attached hydrogen (secondary N) is 3. The third-order valence-electron chi connectivity index (χ3n) is 4.78. The maximum Gasteiger partial charge on any atom is 0.251 e. The SMILES string of the molecule is CC(NC(=O)c1ccc(Nc2nc(N)c(C(=O)c3c(F)cccc3F)s2)cc1)c1cnc[nH]1. The van der Waals surface area contributed by atoms with Crippen LogP contribution in [0.4, 0.5) is 25.4 Å². The Bertz CT molecular complexity index is 1280. The van der Waals surface area contributed by atoms with E-state index < -0.39 is 23.0 Å². The van der Waals surface area contributed by atoms with Gasteiger partial charge in [0.1, 0.15) is 22.3 Å². The molecule has 168 valence electrons. The predicted molar refractivity (Wildman–Crippen MR) is 121 cm³/mol. The quantitative estimate of drug-likeness (QED) is 0.301. The van der Waals surface area contributed by atoms with Crippen LogP contribution in [0, 0.1) is 11.6 Å². The lowest BCUT2D eigenvalue weighted by Crippen LogP contribution is -2.26. The number of imidazole rings is 1. The van der Waals surface area contributed by atoms with E-state index in [1.165, 1.54) is 12.4 Å². The first-order valence-electron chi connectivity index (χ1n) is 9.74. The van der Waals surface area contributed by atoms with Crippen molar-refractivity contribution in [3.8, 4) is 0 Å². The van der Waals surface area contributed by atoms with Crippen molar-refractivity contribution in [2.45, 2.75) is 13.0 Å². The highest BCUT2D eigenvalue weighted by atomic mass is 32.1. The molecule has 1 unspecified atom stereocenters. The van der Waals surface area contributed by atoms with Crippen molar-refractivity contribution < 1.29 is 18.4 Å². The van der Waals surface area contributed by atoms with E-state index in [9.17, 15) is 18.4 Å². The van der Waals surface area contributed by atoms with Gasteiger partial charge in [-0.05, 0) is 43.3 Å². The lowest BCUT2D eigenvalue weighted by Gasteiger charge is -2.12. The van der Waals surface area contributed by atoms with Gasteiger partial charge in [-0.25, -0.2) is 18.7 Å². The van der Waals surface area contributed by atoms with Crippen molar-refractivity contribution in [1.29, 1.82) is 0 Å². The first-order chi connectivity index (χ1) is 15.8. The van der Waals surface area contributed by atoms with Gasteiger partial charge < -0.3 is 21.4 Å².